The van der Waals surface area contributed by atoms with Gasteiger partial charge in [-0.05, 0) is 41.3 Å². The number of oxime groups is 1. The van der Waals surface area contributed by atoms with E-state index in [-0.39, 0.29) is 52.9 Å². The number of aromatic nitrogens is 6. The number of allylic oxidation sites excluding steroid dienone is 1. The number of hydrogen-bond donors (Lipinski definition) is 4. The Hall–Kier alpha value is -4.04. The van der Waals surface area contributed by atoms with Gasteiger partial charge in [-0.15, -0.1) is 16.9 Å². The minimum atomic E-state index is -1.29. The number of nitrogens with zero attached hydrogens (tertiary/aromatic N) is 8. The lowest BCUT2D eigenvalue weighted by molar-refractivity contribution is -0.150. The van der Waals surface area contributed by atoms with E-state index in [2.05, 4.69) is 35.4 Å². The summed E-state index contributed by atoms with van der Waals surface area (Å²) in [6, 6.07) is -1.02. The number of amides is 2. The summed E-state index contributed by atoms with van der Waals surface area (Å²) in [5, 5.41) is 36.5. The van der Waals surface area contributed by atoms with Gasteiger partial charge in [-0.1, -0.05) is 23.0 Å². The fourth-order valence-electron chi connectivity index (χ4n) is 4.30. The molecular formula is C22H24N10O7S3. The summed E-state index contributed by atoms with van der Waals surface area (Å²) in [6.45, 7) is 0.0506. The standard InChI is InChI=1S/C22H24N10O7S3/c23-21-25-16(28-42-21)13(27-39-11-4-2-1-3-5-11)17(35)24-14-18(36)32-15(20(37)38)10(8-40-19(14)32)9-41-22-26-29-30-31(22)7-6-12(33)34/h2,4,11,14,19H,1,3,5-9H2,(H,24,35)(H,33,34)(H,37,38)(H2,23,25,28)/t11?,14?,19-/m0/s1. The molecule has 2 amide bonds. The number of rotatable bonds is 12. The van der Waals surface area contributed by atoms with Crippen molar-refractivity contribution in [3.63, 3.8) is 0 Å². The number of anilines is 1. The highest BCUT2D eigenvalue weighted by Crippen LogP contribution is 2.41. The van der Waals surface area contributed by atoms with Crippen LogP contribution in [0.2, 0.25) is 0 Å². The third-order valence-electron chi connectivity index (χ3n) is 6.31. The quantitative estimate of drug-likeness (QED) is 0.0784. The molecule has 1 fully saturated rings. The normalized spacial score (nSPS) is 22.0. The monoisotopic (exact) mass is 636 g/mol. The van der Waals surface area contributed by atoms with E-state index in [1.807, 2.05) is 12.2 Å². The summed E-state index contributed by atoms with van der Waals surface area (Å²) in [5.41, 5.74) is 5.72. The predicted octanol–water partition coefficient (Wildman–Crippen LogP) is -0.0582. The lowest BCUT2D eigenvalue weighted by atomic mass is 10.0. The van der Waals surface area contributed by atoms with Crippen molar-refractivity contribution in [2.24, 2.45) is 5.16 Å². The summed E-state index contributed by atoms with van der Waals surface area (Å²) >= 11 is 3.29. The first-order valence-electron chi connectivity index (χ1n) is 12.5. The minimum Gasteiger partial charge on any atom is -0.481 e. The molecule has 0 spiro atoms. The second-order valence-electron chi connectivity index (χ2n) is 9.13. The summed E-state index contributed by atoms with van der Waals surface area (Å²) in [6.07, 6.45) is 5.87. The molecule has 3 aliphatic rings. The van der Waals surface area contributed by atoms with Crippen LogP contribution in [0.4, 0.5) is 5.13 Å². The van der Waals surface area contributed by atoms with Gasteiger partial charge in [0.25, 0.3) is 11.8 Å². The van der Waals surface area contributed by atoms with Gasteiger partial charge in [0.2, 0.25) is 16.7 Å². The number of carbonyl (C=O) groups is 4. The first-order valence-corrected chi connectivity index (χ1v) is 15.4. The zero-order valence-corrected chi connectivity index (χ0v) is 24.1. The van der Waals surface area contributed by atoms with Crippen molar-refractivity contribution in [1.29, 1.82) is 0 Å². The maximum absolute atomic E-state index is 13.3. The largest absolute Gasteiger partial charge is 0.481 e. The van der Waals surface area contributed by atoms with Crippen LogP contribution in [0.3, 0.4) is 0 Å². The van der Waals surface area contributed by atoms with Crippen LogP contribution in [0, 0.1) is 0 Å². The van der Waals surface area contributed by atoms with Crippen LogP contribution in [0.1, 0.15) is 31.5 Å². The van der Waals surface area contributed by atoms with E-state index < -0.39 is 35.2 Å². The Labute approximate surface area is 249 Å². The highest BCUT2D eigenvalue weighted by atomic mass is 32.2. The van der Waals surface area contributed by atoms with Gasteiger partial charge in [-0.3, -0.25) is 19.3 Å². The van der Waals surface area contributed by atoms with E-state index in [1.165, 1.54) is 16.4 Å². The first-order chi connectivity index (χ1) is 20.2. The topological polar surface area (TPSA) is 241 Å². The van der Waals surface area contributed by atoms with Crippen molar-refractivity contribution in [1.82, 2.24) is 39.8 Å². The summed E-state index contributed by atoms with van der Waals surface area (Å²) in [7, 11) is 0. The number of thioether (sulfide) groups is 2. The third kappa shape index (κ3) is 6.39. The van der Waals surface area contributed by atoms with E-state index >= 15 is 0 Å². The maximum Gasteiger partial charge on any atom is 0.352 e. The second kappa shape index (κ2) is 12.9. The van der Waals surface area contributed by atoms with Crippen LogP contribution in [0.15, 0.2) is 33.7 Å². The number of carboxylic acids is 2. The number of aryl methyl sites for hydroxylation is 1. The molecule has 2 aromatic rings. The Bertz CT molecular complexity index is 1490. The van der Waals surface area contributed by atoms with Crippen molar-refractivity contribution in [3.05, 3.63) is 29.2 Å². The van der Waals surface area contributed by atoms with Crippen molar-refractivity contribution < 1.29 is 34.2 Å². The Morgan fingerprint density at radius 3 is 2.83 bits per heavy atom. The van der Waals surface area contributed by atoms with Crippen molar-refractivity contribution in [2.45, 2.75) is 54.9 Å². The van der Waals surface area contributed by atoms with Crippen molar-refractivity contribution in [2.75, 3.05) is 17.2 Å². The highest BCUT2D eigenvalue weighted by Gasteiger charge is 2.54. The van der Waals surface area contributed by atoms with E-state index in [0.29, 0.717) is 10.7 Å². The van der Waals surface area contributed by atoms with Gasteiger partial charge in [-0.25, -0.2) is 9.48 Å². The summed E-state index contributed by atoms with van der Waals surface area (Å²) in [5.74, 6) is -3.31. The number of nitrogen functional groups attached to an aromatic ring is 1. The molecular weight excluding hydrogens is 613 g/mol. The number of hydrogen-bond acceptors (Lipinski definition) is 15. The molecule has 2 aromatic heterocycles. The number of nitrogens with two attached hydrogens (primary N) is 1. The average molecular weight is 637 g/mol. The molecule has 0 bridgehead atoms. The van der Waals surface area contributed by atoms with E-state index in [9.17, 15) is 24.3 Å². The SMILES string of the molecule is Nc1nc(C(=NOC2C=CCCC2)C(=O)NC2C(=O)N3C(C(=O)O)=C(CSc4nnnn4CCC(=O)O)CS[C@@H]23)ns1. The molecule has 1 aliphatic carbocycles. The number of aliphatic carboxylic acids is 2. The number of β-lactam (4-membered cyclic amide) rings is 1. The smallest absolute Gasteiger partial charge is 0.352 e. The Morgan fingerprint density at radius 2 is 2.14 bits per heavy atom. The molecule has 3 atom stereocenters. The molecule has 5 N–H and O–H groups in total. The zero-order chi connectivity index (χ0) is 29.8. The first kappa shape index (κ1) is 29.5. The number of nitrogens with one attached hydrogen (secondary N) is 1. The Balaban J connectivity index is 1.28. The number of tetrazole rings is 1. The molecule has 222 valence electrons. The van der Waals surface area contributed by atoms with E-state index in [1.54, 1.807) is 0 Å². The Morgan fingerprint density at radius 1 is 1.31 bits per heavy atom. The molecule has 0 aromatic carbocycles. The molecule has 0 radical (unpaired) electrons. The number of fused-ring (bicyclic) bond motifs is 1. The van der Waals surface area contributed by atoms with Gasteiger partial charge in [0.05, 0.1) is 13.0 Å². The molecule has 4 heterocycles. The van der Waals surface area contributed by atoms with Crippen LogP contribution in [-0.4, -0.2) is 103 Å². The average Bonchev–Trinajstić information content (AvgIpc) is 3.62. The van der Waals surface area contributed by atoms with Gasteiger partial charge in [-0.2, -0.15) is 9.36 Å². The number of carboxylic acid groups (broad SMARTS) is 2. The summed E-state index contributed by atoms with van der Waals surface area (Å²) < 4.78 is 5.37. The van der Waals surface area contributed by atoms with Crippen LogP contribution in [-0.2, 0) is 30.6 Å². The van der Waals surface area contributed by atoms with Crippen LogP contribution >= 0.6 is 35.1 Å². The van der Waals surface area contributed by atoms with Crippen LogP contribution < -0.4 is 11.1 Å². The molecule has 5 rings (SSSR count). The maximum atomic E-state index is 13.3. The second-order valence-corrected chi connectivity index (χ2v) is 12.0. The fourth-order valence-corrected chi connectivity index (χ4v) is 7.12. The van der Waals surface area contributed by atoms with Crippen molar-refractivity contribution in [3.8, 4) is 0 Å². The van der Waals surface area contributed by atoms with Crippen LogP contribution in [0.5, 0.6) is 0 Å². The molecule has 17 nitrogen and oxygen atoms in total. The molecule has 2 aliphatic heterocycles. The number of carbonyl (C=O) groups excluding carboxylic acids is 2. The molecule has 1 saturated heterocycles. The molecule has 42 heavy (non-hydrogen) atoms. The van der Waals surface area contributed by atoms with Gasteiger partial charge < -0.3 is 26.1 Å². The van der Waals surface area contributed by atoms with E-state index in [4.69, 9.17) is 15.7 Å². The van der Waals surface area contributed by atoms with Gasteiger partial charge in [0, 0.05) is 23.0 Å². The predicted molar refractivity (Wildman–Crippen MR) is 149 cm³/mol. The summed E-state index contributed by atoms with van der Waals surface area (Å²) in [4.78, 5) is 60.3. The Kier molecular flexibility index (Phi) is 9.02. The van der Waals surface area contributed by atoms with Crippen molar-refractivity contribution >= 4 is 69.7 Å². The van der Waals surface area contributed by atoms with Gasteiger partial charge in [0.15, 0.2) is 5.13 Å². The van der Waals surface area contributed by atoms with Gasteiger partial charge in [0.1, 0.15) is 23.2 Å². The van der Waals surface area contributed by atoms with E-state index in [0.717, 1.165) is 47.5 Å². The third-order valence-corrected chi connectivity index (χ3v) is 9.23. The molecule has 2 unspecified atom stereocenters. The minimum absolute atomic E-state index is 0.0501. The van der Waals surface area contributed by atoms with Crippen LogP contribution in [0.25, 0.3) is 0 Å². The fraction of sp³-hybridized carbons (Fsp3) is 0.455. The highest BCUT2D eigenvalue weighted by molar-refractivity contribution is 8.01. The zero-order valence-electron chi connectivity index (χ0n) is 21.7. The lowest BCUT2D eigenvalue weighted by Gasteiger charge is -2.49. The van der Waals surface area contributed by atoms with Gasteiger partial charge >= 0.3 is 11.9 Å². The molecule has 0 saturated carbocycles. The lowest BCUT2D eigenvalue weighted by Crippen LogP contribution is -2.71. The molecule has 20 heteroatoms.